The molecule has 1 aliphatic heterocycles. The van der Waals surface area contributed by atoms with Gasteiger partial charge in [-0.2, -0.15) is 0 Å². The Bertz CT molecular complexity index is 534. The molecule has 0 radical (unpaired) electrons. The number of pyridine rings is 1. The first-order chi connectivity index (χ1) is 9.84. The van der Waals surface area contributed by atoms with E-state index in [1.807, 2.05) is 30.6 Å². The summed E-state index contributed by atoms with van der Waals surface area (Å²) in [5, 5.41) is 0. The van der Waals surface area contributed by atoms with Gasteiger partial charge in [-0.1, -0.05) is 12.5 Å². The molecule has 1 atom stereocenters. The largest absolute Gasteiger partial charge is 0.330 e. The van der Waals surface area contributed by atoms with Crippen molar-refractivity contribution in [3.8, 4) is 11.5 Å². The highest BCUT2D eigenvalue weighted by molar-refractivity contribution is 5.48. The number of piperidine rings is 1. The summed E-state index contributed by atoms with van der Waals surface area (Å²) in [5.41, 5.74) is 0.953. The van der Waals surface area contributed by atoms with Gasteiger partial charge in [-0.05, 0) is 45.0 Å². The second-order valence-corrected chi connectivity index (χ2v) is 5.58. The summed E-state index contributed by atoms with van der Waals surface area (Å²) in [7, 11) is 2.25. The van der Waals surface area contributed by atoms with E-state index in [1.165, 1.54) is 32.2 Å². The summed E-state index contributed by atoms with van der Waals surface area (Å²) in [5.74, 6) is 0.976. The molecule has 3 heterocycles. The molecule has 0 bridgehead atoms. The van der Waals surface area contributed by atoms with Crippen LogP contribution in [0.2, 0.25) is 0 Å². The zero-order valence-electron chi connectivity index (χ0n) is 12.1. The van der Waals surface area contributed by atoms with Gasteiger partial charge < -0.3 is 9.47 Å². The zero-order valence-corrected chi connectivity index (χ0v) is 12.1. The maximum Gasteiger partial charge on any atom is 0.158 e. The van der Waals surface area contributed by atoms with Crippen molar-refractivity contribution in [2.24, 2.45) is 0 Å². The van der Waals surface area contributed by atoms with E-state index in [2.05, 4.69) is 32.7 Å². The van der Waals surface area contributed by atoms with E-state index >= 15 is 0 Å². The molecule has 3 rings (SSSR count). The predicted octanol–water partition coefficient (Wildman–Crippen LogP) is 2.82. The van der Waals surface area contributed by atoms with Gasteiger partial charge in [0.1, 0.15) is 5.69 Å². The normalized spacial score (nSPS) is 20.1. The number of likely N-dealkylation sites (tertiary alicyclic amines) is 1. The fourth-order valence-corrected chi connectivity index (χ4v) is 3.01. The molecule has 2 aromatic rings. The van der Waals surface area contributed by atoms with Crippen LogP contribution < -0.4 is 0 Å². The van der Waals surface area contributed by atoms with Gasteiger partial charge >= 0.3 is 0 Å². The lowest BCUT2D eigenvalue weighted by Gasteiger charge is -2.32. The first-order valence-corrected chi connectivity index (χ1v) is 7.47. The van der Waals surface area contributed by atoms with Crippen LogP contribution in [0.4, 0.5) is 0 Å². The topological polar surface area (TPSA) is 34.0 Å². The first-order valence-electron chi connectivity index (χ1n) is 7.47. The molecule has 106 valence electrons. The molecule has 0 aliphatic carbocycles. The van der Waals surface area contributed by atoms with Gasteiger partial charge in [-0.3, -0.25) is 4.98 Å². The summed E-state index contributed by atoms with van der Waals surface area (Å²) in [6.45, 7) is 2.25. The minimum Gasteiger partial charge on any atom is -0.330 e. The van der Waals surface area contributed by atoms with Gasteiger partial charge in [-0.25, -0.2) is 4.98 Å². The minimum absolute atomic E-state index is 0.711. The van der Waals surface area contributed by atoms with Crippen LogP contribution in [0.25, 0.3) is 11.5 Å². The first kappa shape index (κ1) is 13.3. The van der Waals surface area contributed by atoms with Crippen LogP contribution in [0.3, 0.4) is 0 Å². The van der Waals surface area contributed by atoms with E-state index < -0.39 is 0 Å². The Morgan fingerprint density at radius 3 is 2.95 bits per heavy atom. The van der Waals surface area contributed by atoms with Crippen LogP contribution >= 0.6 is 0 Å². The van der Waals surface area contributed by atoms with Crippen LogP contribution in [0, 0.1) is 0 Å². The van der Waals surface area contributed by atoms with E-state index in [0.29, 0.717) is 6.04 Å². The standard InChI is InChI=1S/C16H22N4/c1-19-11-5-3-6-14(19)8-12-20-13-10-18-16(20)15-7-2-4-9-17-15/h2,4,7,9-10,13-14H,3,5-6,8,11-12H2,1H3/t14-/m0/s1. The number of nitrogens with zero attached hydrogens (tertiary/aromatic N) is 4. The lowest BCUT2D eigenvalue weighted by molar-refractivity contribution is 0.171. The number of imidazole rings is 1. The molecule has 1 saturated heterocycles. The van der Waals surface area contributed by atoms with Gasteiger partial charge in [0.05, 0.1) is 0 Å². The molecule has 0 amide bonds. The number of hydrogen-bond acceptors (Lipinski definition) is 3. The molecule has 4 nitrogen and oxygen atoms in total. The third-order valence-corrected chi connectivity index (χ3v) is 4.23. The lowest BCUT2D eigenvalue weighted by atomic mass is 10.0. The van der Waals surface area contributed by atoms with E-state index in [4.69, 9.17) is 0 Å². The average Bonchev–Trinajstić information content (AvgIpc) is 2.96. The second-order valence-electron chi connectivity index (χ2n) is 5.58. The van der Waals surface area contributed by atoms with Crippen molar-refractivity contribution in [1.29, 1.82) is 0 Å². The van der Waals surface area contributed by atoms with Crippen molar-refractivity contribution >= 4 is 0 Å². The maximum atomic E-state index is 4.46. The number of hydrogen-bond donors (Lipinski definition) is 0. The fourth-order valence-electron chi connectivity index (χ4n) is 3.01. The highest BCUT2D eigenvalue weighted by Gasteiger charge is 2.19. The molecule has 1 fully saturated rings. The Kier molecular flexibility index (Phi) is 4.11. The van der Waals surface area contributed by atoms with Gasteiger partial charge in [0.15, 0.2) is 5.82 Å². The lowest BCUT2D eigenvalue weighted by Crippen LogP contribution is -2.36. The molecular formula is C16H22N4. The molecule has 0 aromatic carbocycles. The summed E-state index contributed by atoms with van der Waals surface area (Å²) >= 11 is 0. The highest BCUT2D eigenvalue weighted by Crippen LogP contribution is 2.20. The van der Waals surface area contributed by atoms with E-state index in [9.17, 15) is 0 Å². The highest BCUT2D eigenvalue weighted by atomic mass is 15.1. The van der Waals surface area contributed by atoms with Crippen LogP contribution in [0.5, 0.6) is 0 Å². The number of aromatic nitrogens is 3. The van der Waals surface area contributed by atoms with E-state index in [1.54, 1.807) is 0 Å². The quantitative estimate of drug-likeness (QED) is 0.856. The Balaban J connectivity index is 1.68. The van der Waals surface area contributed by atoms with Gasteiger partial charge in [-0.15, -0.1) is 0 Å². The molecule has 0 unspecified atom stereocenters. The van der Waals surface area contributed by atoms with Crippen molar-refractivity contribution in [2.45, 2.75) is 38.3 Å². The number of aryl methyl sites for hydroxylation is 1. The van der Waals surface area contributed by atoms with Crippen molar-refractivity contribution in [1.82, 2.24) is 19.4 Å². The molecule has 20 heavy (non-hydrogen) atoms. The molecule has 1 aliphatic rings. The molecule has 0 spiro atoms. The van der Waals surface area contributed by atoms with Crippen molar-refractivity contribution in [2.75, 3.05) is 13.6 Å². The Morgan fingerprint density at radius 1 is 1.20 bits per heavy atom. The summed E-state index contributed by atoms with van der Waals surface area (Å²) in [6, 6.07) is 6.68. The molecule has 0 N–H and O–H groups in total. The van der Waals surface area contributed by atoms with E-state index in [-0.39, 0.29) is 0 Å². The van der Waals surface area contributed by atoms with Crippen LogP contribution in [0.15, 0.2) is 36.8 Å². The van der Waals surface area contributed by atoms with Crippen LogP contribution in [0.1, 0.15) is 25.7 Å². The van der Waals surface area contributed by atoms with Gasteiger partial charge in [0.2, 0.25) is 0 Å². The molecule has 4 heteroatoms. The minimum atomic E-state index is 0.711. The fraction of sp³-hybridized carbons (Fsp3) is 0.500. The smallest absolute Gasteiger partial charge is 0.158 e. The van der Waals surface area contributed by atoms with Gasteiger partial charge in [0.25, 0.3) is 0 Å². The third kappa shape index (κ3) is 2.90. The van der Waals surface area contributed by atoms with Crippen LogP contribution in [-0.4, -0.2) is 39.1 Å². The molecule has 2 aromatic heterocycles. The Hall–Kier alpha value is -1.68. The van der Waals surface area contributed by atoms with Gasteiger partial charge in [0, 0.05) is 31.2 Å². The van der Waals surface area contributed by atoms with Crippen molar-refractivity contribution in [3.05, 3.63) is 36.8 Å². The maximum absolute atomic E-state index is 4.46. The zero-order chi connectivity index (χ0) is 13.8. The summed E-state index contributed by atoms with van der Waals surface area (Å²) in [6.07, 6.45) is 11.0. The monoisotopic (exact) mass is 270 g/mol. The third-order valence-electron chi connectivity index (χ3n) is 4.23. The second kappa shape index (κ2) is 6.18. The van der Waals surface area contributed by atoms with Crippen molar-refractivity contribution in [3.63, 3.8) is 0 Å². The summed E-state index contributed by atoms with van der Waals surface area (Å²) < 4.78 is 2.23. The average molecular weight is 270 g/mol. The summed E-state index contributed by atoms with van der Waals surface area (Å²) in [4.78, 5) is 11.4. The van der Waals surface area contributed by atoms with Crippen LogP contribution in [-0.2, 0) is 6.54 Å². The van der Waals surface area contributed by atoms with Crippen molar-refractivity contribution < 1.29 is 0 Å². The number of rotatable bonds is 4. The Labute approximate surface area is 120 Å². The predicted molar refractivity (Wildman–Crippen MR) is 80.3 cm³/mol. The molecule has 0 saturated carbocycles. The SMILES string of the molecule is CN1CCCC[C@H]1CCn1ccnc1-c1ccccn1. The van der Waals surface area contributed by atoms with E-state index in [0.717, 1.165) is 18.1 Å². The Morgan fingerprint density at radius 2 is 2.15 bits per heavy atom. The molecular weight excluding hydrogens is 248 g/mol.